The first-order chi connectivity index (χ1) is 19.0. The number of rotatable bonds is 8. The van der Waals surface area contributed by atoms with Crippen LogP contribution in [0.25, 0.3) is 6.08 Å². The van der Waals surface area contributed by atoms with E-state index in [-0.39, 0.29) is 18.4 Å². The van der Waals surface area contributed by atoms with E-state index in [2.05, 4.69) is 5.32 Å². The van der Waals surface area contributed by atoms with Gasteiger partial charge in [0.2, 0.25) is 0 Å². The fourth-order valence-corrected chi connectivity index (χ4v) is 5.17. The average molecular weight is 573 g/mol. The maximum Gasteiger partial charge on any atom is 0.270 e. The fraction of sp³-hybridized carbons (Fsp3) is 0.0333. The number of para-hydroxylation sites is 2. The Morgan fingerprint density at radius 1 is 0.872 bits per heavy atom. The lowest BCUT2D eigenvalue weighted by Gasteiger charge is -2.15. The van der Waals surface area contributed by atoms with Gasteiger partial charge in [0, 0.05) is 0 Å². The van der Waals surface area contributed by atoms with Crippen LogP contribution in [0.4, 0.5) is 11.4 Å². The van der Waals surface area contributed by atoms with Gasteiger partial charge in [0.1, 0.15) is 17.2 Å². The standard InChI is InChI=1S/C30H21ClN2O4S2/c31-25-8-4-5-9-26(25)32-28(34)19-36-22-14-10-20(11-15-22)18-27-29(35)33(30(38)39-27)21-12-16-24(17-13-21)37-23-6-2-1-3-7-23/h1-18H,19H2,(H,32,34)/b27-18-. The molecule has 0 spiro atoms. The number of halogens is 1. The molecule has 194 valence electrons. The summed E-state index contributed by atoms with van der Waals surface area (Å²) in [4.78, 5) is 27.4. The Morgan fingerprint density at radius 2 is 1.51 bits per heavy atom. The zero-order valence-corrected chi connectivity index (χ0v) is 22.8. The number of hydrogen-bond donors (Lipinski definition) is 1. The van der Waals surface area contributed by atoms with Gasteiger partial charge in [-0.2, -0.15) is 0 Å². The largest absolute Gasteiger partial charge is 0.484 e. The Bertz CT molecular complexity index is 1540. The summed E-state index contributed by atoms with van der Waals surface area (Å²) in [5.74, 6) is 1.39. The van der Waals surface area contributed by atoms with Crippen LogP contribution >= 0.6 is 35.6 Å². The van der Waals surface area contributed by atoms with Crippen LogP contribution in [0.3, 0.4) is 0 Å². The SMILES string of the molecule is O=C(COc1ccc(/C=C2\SC(=S)N(c3ccc(Oc4ccccc4)cc3)C2=O)cc1)Nc1ccccc1Cl. The second-order valence-corrected chi connectivity index (χ2v) is 10.4. The summed E-state index contributed by atoms with van der Waals surface area (Å²) in [5.41, 5.74) is 1.99. The molecular formula is C30H21ClN2O4S2. The van der Waals surface area contributed by atoms with E-state index in [9.17, 15) is 9.59 Å². The molecule has 4 aromatic carbocycles. The molecule has 6 nitrogen and oxygen atoms in total. The van der Waals surface area contributed by atoms with Gasteiger partial charge in [0.05, 0.1) is 21.3 Å². The monoisotopic (exact) mass is 572 g/mol. The zero-order chi connectivity index (χ0) is 27.2. The van der Waals surface area contributed by atoms with Crippen molar-refractivity contribution in [2.45, 2.75) is 0 Å². The molecule has 1 saturated heterocycles. The molecule has 5 rings (SSSR count). The summed E-state index contributed by atoms with van der Waals surface area (Å²) in [6.45, 7) is -0.168. The maximum atomic E-state index is 13.2. The van der Waals surface area contributed by atoms with Crippen LogP contribution in [0.1, 0.15) is 5.56 Å². The smallest absolute Gasteiger partial charge is 0.270 e. The number of thioether (sulfide) groups is 1. The number of carbonyl (C=O) groups is 2. The molecule has 0 aliphatic carbocycles. The Morgan fingerprint density at radius 3 is 2.23 bits per heavy atom. The van der Waals surface area contributed by atoms with E-state index in [1.807, 2.05) is 42.5 Å². The van der Waals surface area contributed by atoms with Crippen LogP contribution in [-0.2, 0) is 9.59 Å². The first-order valence-electron chi connectivity index (χ1n) is 11.8. The second-order valence-electron chi connectivity index (χ2n) is 8.31. The molecule has 1 heterocycles. The molecule has 0 saturated carbocycles. The predicted molar refractivity (Wildman–Crippen MR) is 161 cm³/mol. The zero-order valence-electron chi connectivity index (χ0n) is 20.4. The topological polar surface area (TPSA) is 67.9 Å². The Hall–Kier alpha value is -4.11. The van der Waals surface area contributed by atoms with Gasteiger partial charge < -0.3 is 14.8 Å². The molecule has 1 aliphatic rings. The molecular weight excluding hydrogens is 552 g/mol. The lowest BCUT2D eigenvalue weighted by molar-refractivity contribution is -0.118. The van der Waals surface area contributed by atoms with E-state index < -0.39 is 0 Å². The normalized spacial score (nSPS) is 14.0. The molecule has 4 aromatic rings. The number of thiocarbonyl (C=S) groups is 1. The summed E-state index contributed by atoms with van der Waals surface area (Å²) in [7, 11) is 0. The molecule has 1 N–H and O–H groups in total. The minimum atomic E-state index is -0.324. The van der Waals surface area contributed by atoms with Gasteiger partial charge >= 0.3 is 0 Å². The number of ether oxygens (including phenoxy) is 2. The molecule has 0 atom stereocenters. The van der Waals surface area contributed by atoms with Crippen molar-refractivity contribution in [3.8, 4) is 17.2 Å². The first-order valence-corrected chi connectivity index (χ1v) is 13.4. The van der Waals surface area contributed by atoms with Crippen molar-refractivity contribution in [3.63, 3.8) is 0 Å². The Kier molecular flexibility index (Phi) is 8.27. The van der Waals surface area contributed by atoms with Crippen LogP contribution in [0.5, 0.6) is 17.2 Å². The van der Waals surface area contributed by atoms with Crippen molar-refractivity contribution in [1.29, 1.82) is 0 Å². The third-order valence-electron chi connectivity index (χ3n) is 5.56. The summed E-state index contributed by atoms with van der Waals surface area (Å²) < 4.78 is 11.9. The lowest BCUT2D eigenvalue weighted by atomic mass is 10.2. The number of benzene rings is 4. The highest BCUT2D eigenvalue weighted by Crippen LogP contribution is 2.37. The van der Waals surface area contributed by atoms with E-state index in [0.29, 0.717) is 37.1 Å². The van der Waals surface area contributed by atoms with Crippen molar-refractivity contribution in [2.24, 2.45) is 0 Å². The van der Waals surface area contributed by atoms with Crippen molar-refractivity contribution in [3.05, 3.63) is 119 Å². The molecule has 0 radical (unpaired) electrons. The number of nitrogens with one attached hydrogen (secondary N) is 1. The average Bonchev–Trinajstić information content (AvgIpc) is 3.23. The van der Waals surface area contributed by atoms with Crippen LogP contribution in [0, 0.1) is 0 Å². The summed E-state index contributed by atoms with van der Waals surface area (Å²) in [6, 6.07) is 30.8. The molecule has 39 heavy (non-hydrogen) atoms. The highest BCUT2D eigenvalue weighted by molar-refractivity contribution is 8.27. The summed E-state index contributed by atoms with van der Waals surface area (Å²) in [6.07, 6.45) is 1.78. The number of nitrogens with zero attached hydrogens (tertiary/aromatic N) is 1. The van der Waals surface area contributed by atoms with Gasteiger partial charge in [0.25, 0.3) is 11.8 Å². The van der Waals surface area contributed by atoms with Crippen LogP contribution < -0.4 is 19.7 Å². The fourth-order valence-electron chi connectivity index (χ4n) is 3.69. The highest BCUT2D eigenvalue weighted by atomic mass is 35.5. The molecule has 0 aromatic heterocycles. The van der Waals surface area contributed by atoms with Crippen molar-refractivity contribution >= 4 is 69.2 Å². The number of anilines is 2. The number of hydrogen-bond acceptors (Lipinski definition) is 6. The van der Waals surface area contributed by atoms with Crippen molar-refractivity contribution in [2.75, 3.05) is 16.8 Å². The quantitative estimate of drug-likeness (QED) is 0.174. The molecule has 0 bridgehead atoms. The first kappa shape index (κ1) is 26.5. The van der Waals surface area contributed by atoms with Gasteiger partial charge in [0.15, 0.2) is 10.9 Å². The van der Waals surface area contributed by atoms with E-state index in [1.54, 1.807) is 66.7 Å². The van der Waals surface area contributed by atoms with E-state index in [4.69, 9.17) is 33.3 Å². The van der Waals surface area contributed by atoms with Gasteiger partial charge in [-0.3, -0.25) is 14.5 Å². The van der Waals surface area contributed by atoms with Crippen molar-refractivity contribution < 1.29 is 19.1 Å². The molecule has 9 heteroatoms. The predicted octanol–water partition coefficient (Wildman–Crippen LogP) is 7.56. The van der Waals surface area contributed by atoms with Gasteiger partial charge in [-0.25, -0.2) is 0 Å². The van der Waals surface area contributed by atoms with Gasteiger partial charge in [-0.1, -0.05) is 78.0 Å². The van der Waals surface area contributed by atoms with Gasteiger partial charge in [-0.15, -0.1) is 0 Å². The number of carbonyl (C=O) groups excluding carboxylic acids is 2. The summed E-state index contributed by atoms with van der Waals surface area (Å²) >= 11 is 12.8. The minimum absolute atomic E-state index is 0.168. The van der Waals surface area contributed by atoms with Crippen LogP contribution in [-0.4, -0.2) is 22.7 Å². The van der Waals surface area contributed by atoms with E-state index in [1.165, 1.54) is 16.7 Å². The highest BCUT2D eigenvalue weighted by Gasteiger charge is 2.33. The maximum absolute atomic E-state index is 13.2. The molecule has 0 unspecified atom stereocenters. The second kappa shape index (κ2) is 12.2. The molecule has 2 amide bonds. The van der Waals surface area contributed by atoms with Crippen molar-refractivity contribution in [1.82, 2.24) is 0 Å². The summed E-state index contributed by atoms with van der Waals surface area (Å²) in [5, 5.41) is 3.16. The Balaban J connectivity index is 1.19. The van der Waals surface area contributed by atoms with Crippen LogP contribution in [0.15, 0.2) is 108 Å². The van der Waals surface area contributed by atoms with Crippen LogP contribution in [0.2, 0.25) is 5.02 Å². The third-order valence-corrected chi connectivity index (χ3v) is 7.20. The third kappa shape index (κ3) is 6.67. The Labute approximate surface area is 240 Å². The number of amides is 2. The molecule has 1 fully saturated rings. The van der Waals surface area contributed by atoms with Gasteiger partial charge in [-0.05, 0) is 72.3 Å². The lowest BCUT2D eigenvalue weighted by Crippen LogP contribution is -2.27. The van der Waals surface area contributed by atoms with E-state index >= 15 is 0 Å². The minimum Gasteiger partial charge on any atom is -0.484 e. The van der Waals surface area contributed by atoms with E-state index in [0.717, 1.165) is 11.3 Å². The molecule has 1 aliphatic heterocycles.